The molecule has 9 rings (SSSR count). The van der Waals surface area contributed by atoms with Gasteiger partial charge in [0.15, 0.2) is 0 Å². The van der Waals surface area contributed by atoms with Gasteiger partial charge in [0.2, 0.25) is 0 Å². The average Bonchev–Trinajstić information content (AvgIpc) is 3.75. The third-order valence-corrected chi connectivity index (χ3v) is 9.77. The monoisotopic (exact) mass is 593 g/mol. The SMILES string of the molecule is CC(C)c1cc(-c2ccccc2)cc(C(C)C)c1-n1c(-c2cc3c4ccccc4n4c5ccccc5c(c2)c34)nc2ccccc21. The van der Waals surface area contributed by atoms with Gasteiger partial charge in [0.25, 0.3) is 0 Å². The van der Waals surface area contributed by atoms with Gasteiger partial charge in [-0.2, -0.15) is 0 Å². The van der Waals surface area contributed by atoms with Crippen LogP contribution in [0, 0.1) is 0 Å². The van der Waals surface area contributed by atoms with E-state index in [1.165, 1.54) is 66.0 Å². The fourth-order valence-electron chi connectivity index (χ4n) is 7.64. The van der Waals surface area contributed by atoms with Gasteiger partial charge in [-0.05, 0) is 82.6 Å². The lowest BCUT2D eigenvalue weighted by atomic mass is 9.88. The zero-order valence-corrected chi connectivity index (χ0v) is 26.6. The van der Waals surface area contributed by atoms with Crippen molar-refractivity contribution in [2.75, 3.05) is 0 Å². The summed E-state index contributed by atoms with van der Waals surface area (Å²) in [6.07, 6.45) is 0. The molecule has 3 nitrogen and oxygen atoms in total. The van der Waals surface area contributed by atoms with Crippen molar-refractivity contribution in [3.63, 3.8) is 0 Å². The Hall–Kier alpha value is -5.41. The topological polar surface area (TPSA) is 22.2 Å². The van der Waals surface area contributed by atoms with Gasteiger partial charge in [0.05, 0.1) is 33.3 Å². The van der Waals surface area contributed by atoms with Crippen molar-refractivity contribution in [2.45, 2.75) is 39.5 Å². The first-order valence-corrected chi connectivity index (χ1v) is 16.4. The van der Waals surface area contributed by atoms with Crippen LogP contribution in [-0.4, -0.2) is 14.0 Å². The third-order valence-electron chi connectivity index (χ3n) is 9.77. The summed E-state index contributed by atoms with van der Waals surface area (Å²) in [5, 5.41) is 5.09. The maximum absolute atomic E-state index is 5.42. The minimum atomic E-state index is 0.315. The molecule has 0 radical (unpaired) electrons. The van der Waals surface area contributed by atoms with Crippen LogP contribution in [0.4, 0.5) is 0 Å². The molecular weight excluding hydrogens is 558 g/mol. The fourth-order valence-corrected chi connectivity index (χ4v) is 7.64. The molecule has 0 N–H and O–H groups in total. The summed E-state index contributed by atoms with van der Waals surface area (Å²) in [5.41, 5.74) is 13.5. The Morgan fingerprint density at radius 3 is 1.59 bits per heavy atom. The second kappa shape index (κ2) is 10.1. The van der Waals surface area contributed by atoms with E-state index in [1.807, 2.05) is 0 Å². The highest BCUT2D eigenvalue weighted by atomic mass is 15.1. The zero-order chi connectivity index (χ0) is 31.1. The van der Waals surface area contributed by atoms with E-state index in [-0.39, 0.29) is 0 Å². The van der Waals surface area contributed by atoms with Crippen molar-refractivity contribution in [3.8, 4) is 28.2 Å². The minimum Gasteiger partial charge on any atom is -0.308 e. The zero-order valence-electron chi connectivity index (χ0n) is 26.6. The van der Waals surface area contributed by atoms with E-state index in [0.29, 0.717) is 11.8 Å². The van der Waals surface area contributed by atoms with E-state index >= 15 is 0 Å². The molecule has 46 heavy (non-hydrogen) atoms. The maximum atomic E-state index is 5.42. The van der Waals surface area contributed by atoms with Crippen molar-refractivity contribution < 1.29 is 0 Å². The molecule has 9 aromatic rings. The van der Waals surface area contributed by atoms with Crippen molar-refractivity contribution in [1.29, 1.82) is 0 Å². The Morgan fingerprint density at radius 1 is 0.478 bits per heavy atom. The van der Waals surface area contributed by atoms with E-state index in [2.05, 4.69) is 164 Å². The molecule has 0 aliphatic rings. The lowest BCUT2D eigenvalue weighted by molar-refractivity contribution is 0.811. The molecule has 0 bridgehead atoms. The van der Waals surface area contributed by atoms with Crippen LogP contribution in [0.3, 0.4) is 0 Å². The smallest absolute Gasteiger partial charge is 0.145 e. The van der Waals surface area contributed by atoms with Gasteiger partial charge < -0.3 is 4.40 Å². The Kier molecular flexibility index (Phi) is 5.89. The normalized spacial score (nSPS) is 12.3. The number of hydrogen-bond donors (Lipinski definition) is 0. The van der Waals surface area contributed by atoms with Crippen LogP contribution >= 0.6 is 0 Å². The fraction of sp³-hybridized carbons (Fsp3) is 0.140. The first kappa shape index (κ1) is 26.9. The molecule has 0 atom stereocenters. The number of imidazole rings is 1. The van der Waals surface area contributed by atoms with Gasteiger partial charge >= 0.3 is 0 Å². The lowest BCUT2D eigenvalue weighted by Gasteiger charge is -2.24. The lowest BCUT2D eigenvalue weighted by Crippen LogP contribution is -2.09. The van der Waals surface area contributed by atoms with Crippen LogP contribution in [0.1, 0.15) is 50.7 Å². The number of para-hydroxylation sites is 4. The number of nitrogens with zero attached hydrogens (tertiary/aromatic N) is 3. The molecule has 0 unspecified atom stereocenters. The molecule has 0 aliphatic heterocycles. The second-order valence-electron chi connectivity index (χ2n) is 13.2. The van der Waals surface area contributed by atoms with Gasteiger partial charge in [-0.3, -0.25) is 4.57 Å². The first-order valence-electron chi connectivity index (χ1n) is 16.4. The van der Waals surface area contributed by atoms with E-state index < -0.39 is 0 Å². The van der Waals surface area contributed by atoms with Crippen LogP contribution < -0.4 is 0 Å². The summed E-state index contributed by atoms with van der Waals surface area (Å²) < 4.78 is 4.90. The summed E-state index contributed by atoms with van der Waals surface area (Å²) in [6.45, 7) is 9.26. The highest BCUT2D eigenvalue weighted by molar-refractivity contribution is 6.24. The van der Waals surface area contributed by atoms with E-state index in [4.69, 9.17) is 4.98 Å². The Morgan fingerprint density at radius 2 is 1.00 bits per heavy atom. The minimum absolute atomic E-state index is 0.315. The van der Waals surface area contributed by atoms with Gasteiger partial charge in [-0.15, -0.1) is 0 Å². The standard InChI is InChI=1S/C43H35N3/c1-26(2)33-22-29(28-14-6-5-7-15-28)23-34(27(3)4)41(33)46-40-21-13-10-18-37(40)44-43(46)30-24-35-31-16-8-11-19-38(31)45-39-20-12-9-17-32(39)36(25-30)42(35)45/h5-27H,1-4H3. The summed E-state index contributed by atoms with van der Waals surface area (Å²) in [5.74, 6) is 1.61. The molecular formula is C43H35N3. The Labute approximate surface area is 268 Å². The van der Waals surface area contributed by atoms with E-state index in [1.54, 1.807) is 0 Å². The largest absolute Gasteiger partial charge is 0.308 e. The molecule has 3 heteroatoms. The van der Waals surface area contributed by atoms with Crippen LogP contribution in [0.5, 0.6) is 0 Å². The Bertz CT molecular complexity index is 2470. The summed E-state index contributed by atoms with van der Waals surface area (Å²) in [4.78, 5) is 5.42. The number of benzene rings is 6. The van der Waals surface area contributed by atoms with Crippen LogP contribution in [0.25, 0.3) is 77.3 Å². The molecule has 0 fully saturated rings. The highest BCUT2D eigenvalue weighted by Gasteiger charge is 2.25. The van der Waals surface area contributed by atoms with Crippen molar-refractivity contribution >= 4 is 49.1 Å². The molecule has 222 valence electrons. The van der Waals surface area contributed by atoms with Crippen LogP contribution in [0.2, 0.25) is 0 Å². The van der Waals surface area contributed by atoms with Gasteiger partial charge in [-0.1, -0.05) is 107 Å². The average molecular weight is 594 g/mol. The number of rotatable bonds is 5. The third kappa shape index (κ3) is 3.81. The van der Waals surface area contributed by atoms with Gasteiger partial charge in [0, 0.05) is 27.1 Å². The molecule has 0 saturated heterocycles. The van der Waals surface area contributed by atoms with Gasteiger partial charge in [-0.25, -0.2) is 4.98 Å². The number of fused-ring (bicyclic) bond motifs is 7. The van der Waals surface area contributed by atoms with E-state index in [9.17, 15) is 0 Å². The summed E-state index contributed by atoms with van der Waals surface area (Å²) >= 11 is 0. The van der Waals surface area contributed by atoms with Crippen LogP contribution in [0.15, 0.2) is 127 Å². The Balaban J connectivity index is 1.41. The molecule has 0 spiro atoms. The van der Waals surface area contributed by atoms with Crippen molar-refractivity contribution in [1.82, 2.24) is 14.0 Å². The molecule has 3 aromatic heterocycles. The van der Waals surface area contributed by atoms with Crippen molar-refractivity contribution in [3.05, 3.63) is 139 Å². The second-order valence-corrected chi connectivity index (χ2v) is 13.2. The van der Waals surface area contributed by atoms with Crippen LogP contribution in [-0.2, 0) is 0 Å². The van der Waals surface area contributed by atoms with Crippen molar-refractivity contribution in [2.24, 2.45) is 0 Å². The molecule has 0 amide bonds. The maximum Gasteiger partial charge on any atom is 0.145 e. The number of hydrogen-bond acceptors (Lipinski definition) is 1. The molecule has 0 aliphatic carbocycles. The predicted molar refractivity (Wildman–Crippen MR) is 195 cm³/mol. The summed E-state index contributed by atoms with van der Waals surface area (Å²) in [6, 6.07) is 46.6. The first-order chi connectivity index (χ1) is 22.5. The summed E-state index contributed by atoms with van der Waals surface area (Å²) in [7, 11) is 0. The predicted octanol–water partition coefficient (Wildman–Crippen LogP) is 11.8. The number of aromatic nitrogens is 3. The van der Waals surface area contributed by atoms with Gasteiger partial charge in [0.1, 0.15) is 5.82 Å². The molecule has 6 aromatic carbocycles. The molecule has 0 saturated carbocycles. The molecule has 3 heterocycles. The van der Waals surface area contributed by atoms with E-state index in [0.717, 1.165) is 22.4 Å². The highest BCUT2D eigenvalue weighted by Crippen LogP contribution is 2.44. The quantitative estimate of drug-likeness (QED) is 0.195.